The Morgan fingerprint density at radius 1 is 1.06 bits per heavy atom. The van der Waals surface area contributed by atoms with Gasteiger partial charge in [0.05, 0.1) is 32.8 Å². The monoisotopic (exact) mass is 478 g/mol. The lowest BCUT2D eigenvalue weighted by Gasteiger charge is -2.32. The number of likely N-dealkylation sites (tertiary alicyclic amines) is 1. The highest BCUT2D eigenvalue weighted by Crippen LogP contribution is 2.38. The van der Waals surface area contributed by atoms with Crippen LogP contribution in [0, 0.1) is 5.92 Å². The lowest BCUT2D eigenvalue weighted by Crippen LogP contribution is -2.45. The van der Waals surface area contributed by atoms with Crippen LogP contribution in [0.1, 0.15) is 28.8 Å². The van der Waals surface area contributed by atoms with Crippen molar-refractivity contribution in [3.05, 3.63) is 47.5 Å². The first-order valence-electron chi connectivity index (χ1n) is 10.8. The number of piperidine rings is 1. The molecular formula is C24H28F2N2O6. The highest BCUT2D eigenvalue weighted by atomic mass is 19.3. The second-order valence-corrected chi connectivity index (χ2v) is 7.72. The van der Waals surface area contributed by atoms with Crippen molar-refractivity contribution in [2.24, 2.45) is 5.92 Å². The van der Waals surface area contributed by atoms with E-state index < -0.39 is 18.4 Å². The van der Waals surface area contributed by atoms with Gasteiger partial charge in [-0.3, -0.25) is 9.59 Å². The summed E-state index contributed by atoms with van der Waals surface area (Å²) in [6.07, 6.45) is 1.23. The summed E-state index contributed by atoms with van der Waals surface area (Å²) >= 11 is 0. The van der Waals surface area contributed by atoms with Crippen molar-refractivity contribution >= 4 is 11.8 Å². The van der Waals surface area contributed by atoms with E-state index in [1.807, 2.05) is 0 Å². The second kappa shape index (κ2) is 11.5. The molecule has 0 spiro atoms. The fraction of sp³-hybridized carbons (Fsp3) is 0.417. The van der Waals surface area contributed by atoms with Gasteiger partial charge in [0.25, 0.3) is 5.91 Å². The van der Waals surface area contributed by atoms with Crippen molar-refractivity contribution < 1.29 is 37.3 Å². The molecular weight excluding hydrogens is 450 g/mol. The number of nitrogens with zero attached hydrogens (tertiary/aromatic N) is 1. The number of para-hydroxylation sites is 1. The van der Waals surface area contributed by atoms with E-state index in [9.17, 15) is 18.4 Å². The van der Waals surface area contributed by atoms with Crippen molar-refractivity contribution in [2.45, 2.75) is 26.0 Å². The highest BCUT2D eigenvalue weighted by Gasteiger charge is 2.30. The van der Waals surface area contributed by atoms with Gasteiger partial charge in [0.1, 0.15) is 5.75 Å². The molecule has 3 rings (SSSR count). The van der Waals surface area contributed by atoms with Gasteiger partial charge >= 0.3 is 6.61 Å². The van der Waals surface area contributed by atoms with Gasteiger partial charge in [-0.1, -0.05) is 12.1 Å². The quantitative estimate of drug-likeness (QED) is 0.594. The Morgan fingerprint density at radius 3 is 2.35 bits per heavy atom. The number of amides is 2. The van der Waals surface area contributed by atoms with Crippen molar-refractivity contribution in [3.8, 4) is 23.0 Å². The van der Waals surface area contributed by atoms with Gasteiger partial charge in [0.15, 0.2) is 11.5 Å². The summed E-state index contributed by atoms with van der Waals surface area (Å²) in [7, 11) is 4.53. The molecule has 1 unspecified atom stereocenters. The van der Waals surface area contributed by atoms with Crippen molar-refractivity contribution in [1.82, 2.24) is 10.2 Å². The van der Waals surface area contributed by atoms with E-state index in [1.165, 1.54) is 44.4 Å². The number of carbonyl (C=O) groups excluding carboxylic acids is 2. The Kier molecular flexibility index (Phi) is 8.50. The second-order valence-electron chi connectivity index (χ2n) is 7.72. The number of methoxy groups -OCH3 is 3. The first kappa shape index (κ1) is 25.1. The SMILES string of the molecule is COc1cc(CNC(=O)C2CCCN(C(=O)c3ccccc3OC(F)F)C2)cc(OC)c1OC. The largest absolute Gasteiger partial charge is 0.493 e. The van der Waals surface area contributed by atoms with Crippen LogP contribution in [0.5, 0.6) is 23.0 Å². The molecule has 0 saturated carbocycles. The number of ether oxygens (including phenoxy) is 4. The number of hydrogen-bond acceptors (Lipinski definition) is 6. The molecule has 1 N–H and O–H groups in total. The van der Waals surface area contributed by atoms with Gasteiger partial charge in [-0.2, -0.15) is 8.78 Å². The Balaban J connectivity index is 1.66. The summed E-state index contributed by atoms with van der Waals surface area (Å²) in [6, 6.07) is 9.36. The molecule has 0 aromatic heterocycles. The topological polar surface area (TPSA) is 86.3 Å². The highest BCUT2D eigenvalue weighted by molar-refractivity contribution is 5.97. The van der Waals surface area contributed by atoms with Crippen LogP contribution in [0.4, 0.5) is 8.78 Å². The number of halogens is 2. The first-order chi connectivity index (χ1) is 16.4. The fourth-order valence-corrected chi connectivity index (χ4v) is 3.96. The molecule has 8 nitrogen and oxygen atoms in total. The predicted molar refractivity (Wildman–Crippen MR) is 120 cm³/mol. The standard InChI is InChI=1S/C24H28F2N2O6/c1-31-19-11-15(12-20(32-2)21(19)33-3)13-27-22(29)16-7-6-10-28(14-16)23(30)17-8-4-5-9-18(17)34-24(25)26/h4-5,8-9,11-12,16,24H,6-7,10,13-14H2,1-3H3,(H,27,29). The summed E-state index contributed by atoms with van der Waals surface area (Å²) in [5, 5.41) is 2.89. The van der Waals surface area contributed by atoms with E-state index in [1.54, 1.807) is 18.2 Å². The van der Waals surface area contributed by atoms with Crippen LogP contribution in [-0.2, 0) is 11.3 Å². The third-order valence-corrected chi connectivity index (χ3v) is 5.60. The predicted octanol–water partition coefficient (Wildman–Crippen LogP) is 3.48. The van der Waals surface area contributed by atoms with Crippen LogP contribution < -0.4 is 24.3 Å². The minimum Gasteiger partial charge on any atom is -0.493 e. The van der Waals surface area contributed by atoms with Crippen LogP contribution >= 0.6 is 0 Å². The number of benzene rings is 2. The van der Waals surface area contributed by atoms with Crippen LogP contribution in [-0.4, -0.2) is 57.7 Å². The zero-order valence-electron chi connectivity index (χ0n) is 19.3. The molecule has 1 aliphatic heterocycles. The number of hydrogen-bond donors (Lipinski definition) is 1. The zero-order valence-corrected chi connectivity index (χ0v) is 19.3. The summed E-state index contributed by atoms with van der Waals surface area (Å²) in [4.78, 5) is 27.3. The van der Waals surface area contributed by atoms with E-state index >= 15 is 0 Å². The van der Waals surface area contributed by atoms with Gasteiger partial charge in [0.2, 0.25) is 11.7 Å². The van der Waals surface area contributed by atoms with E-state index in [0.717, 1.165) is 5.56 Å². The fourth-order valence-electron chi connectivity index (χ4n) is 3.96. The van der Waals surface area contributed by atoms with E-state index in [-0.39, 0.29) is 30.3 Å². The zero-order chi connectivity index (χ0) is 24.7. The van der Waals surface area contributed by atoms with Gasteiger partial charge in [-0.25, -0.2) is 0 Å². The summed E-state index contributed by atoms with van der Waals surface area (Å²) in [5.74, 6) is 0.147. The van der Waals surface area contributed by atoms with E-state index in [2.05, 4.69) is 10.1 Å². The Hall–Kier alpha value is -3.56. The number of alkyl halides is 2. The number of nitrogens with one attached hydrogen (secondary N) is 1. The van der Waals surface area contributed by atoms with E-state index in [4.69, 9.17) is 14.2 Å². The molecule has 10 heteroatoms. The van der Waals surface area contributed by atoms with Crippen LogP contribution in [0.2, 0.25) is 0 Å². The van der Waals surface area contributed by atoms with Gasteiger partial charge in [-0.05, 0) is 42.7 Å². The molecule has 1 heterocycles. The summed E-state index contributed by atoms with van der Waals surface area (Å²) in [6.45, 7) is -2.20. The molecule has 0 aliphatic carbocycles. The summed E-state index contributed by atoms with van der Waals surface area (Å²) < 4.78 is 45.9. The molecule has 2 aromatic carbocycles. The van der Waals surface area contributed by atoms with Crippen LogP contribution in [0.3, 0.4) is 0 Å². The Labute approximate surface area is 196 Å². The maximum absolute atomic E-state index is 13.0. The average Bonchev–Trinajstić information content (AvgIpc) is 2.86. The molecule has 34 heavy (non-hydrogen) atoms. The van der Waals surface area contributed by atoms with Crippen molar-refractivity contribution in [1.29, 1.82) is 0 Å². The smallest absolute Gasteiger partial charge is 0.387 e. The molecule has 0 radical (unpaired) electrons. The number of carbonyl (C=O) groups is 2. The molecule has 184 valence electrons. The van der Waals surface area contributed by atoms with Crippen LogP contribution in [0.25, 0.3) is 0 Å². The maximum Gasteiger partial charge on any atom is 0.387 e. The maximum atomic E-state index is 13.0. The normalized spacial score (nSPS) is 15.6. The Morgan fingerprint density at radius 2 is 1.74 bits per heavy atom. The van der Waals surface area contributed by atoms with Crippen LogP contribution in [0.15, 0.2) is 36.4 Å². The minimum atomic E-state index is -3.04. The van der Waals surface area contributed by atoms with Crippen molar-refractivity contribution in [2.75, 3.05) is 34.4 Å². The lowest BCUT2D eigenvalue weighted by molar-refractivity contribution is -0.126. The minimum absolute atomic E-state index is 0.0429. The van der Waals surface area contributed by atoms with Gasteiger partial charge in [-0.15, -0.1) is 0 Å². The molecule has 2 amide bonds. The Bertz CT molecular complexity index is 992. The average molecular weight is 478 g/mol. The molecule has 1 atom stereocenters. The number of rotatable bonds is 9. The van der Waals surface area contributed by atoms with Gasteiger partial charge in [0, 0.05) is 19.6 Å². The van der Waals surface area contributed by atoms with Gasteiger partial charge < -0.3 is 29.2 Å². The van der Waals surface area contributed by atoms with Crippen molar-refractivity contribution in [3.63, 3.8) is 0 Å². The summed E-state index contributed by atoms with van der Waals surface area (Å²) in [5.41, 5.74) is 0.797. The first-order valence-corrected chi connectivity index (χ1v) is 10.8. The molecule has 1 aliphatic rings. The van der Waals surface area contributed by atoms with E-state index in [0.29, 0.717) is 36.6 Å². The lowest BCUT2D eigenvalue weighted by atomic mass is 9.96. The third-order valence-electron chi connectivity index (χ3n) is 5.60. The molecule has 1 saturated heterocycles. The molecule has 0 bridgehead atoms. The molecule has 1 fully saturated rings. The molecule has 2 aromatic rings. The third kappa shape index (κ3) is 5.86.